The second-order valence-electron chi connectivity index (χ2n) is 8.24. The van der Waals surface area contributed by atoms with Crippen molar-refractivity contribution in [3.63, 3.8) is 0 Å². The first kappa shape index (κ1) is 20.7. The van der Waals surface area contributed by atoms with Crippen molar-refractivity contribution in [2.24, 2.45) is 11.8 Å². The first-order chi connectivity index (χ1) is 14.6. The normalized spacial score (nSPS) is 18.8. The number of carbonyl (C=O) groups excluding carboxylic acids is 2. The van der Waals surface area contributed by atoms with Crippen molar-refractivity contribution in [3.05, 3.63) is 58.6 Å². The van der Waals surface area contributed by atoms with Crippen LogP contribution in [-0.2, 0) is 11.2 Å². The molecule has 5 nitrogen and oxygen atoms in total. The summed E-state index contributed by atoms with van der Waals surface area (Å²) in [5.41, 5.74) is 2.15. The van der Waals surface area contributed by atoms with Gasteiger partial charge in [-0.25, -0.2) is 0 Å². The van der Waals surface area contributed by atoms with Crippen molar-refractivity contribution < 1.29 is 14.3 Å². The molecule has 2 amide bonds. The van der Waals surface area contributed by atoms with Gasteiger partial charge in [-0.2, -0.15) is 0 Å². The van der Waals surface area contributed by atoms with Gasteiger partial charge in [-0.3, -0.25) is 9.59 Å². The number of hydrogen-bond acceptors (Lipinski definition) is 3. The van der Waals surface area contributed by atoms with Crippen molar-refractivity contribution in [2.45, 2.75) is 38.5 Å². The molecule has 1 saturated carbocycles. The van der Waals surface area contributed by atoms with Gasteiger partial charge in [0.05, 0.1) is 5.92 Å². The van der Waals surface area contributed by atoms with E-state index in [1.165, 1.54) is 32.1 Å². The minimum absolute atomic E-state index is 0.0572. The number of rotatable bonds is 5. The monoisotopic (exact) mass is 426 g/mol. The molecule has 1 fully saturated rings. The summed E-state index contributed by atoms with van der Waals surface area (Å²) in [7, 11) is 0. The van der Waals surface area contributed by atoms with Crippen LogP contribution in [0.15, 0.2) is 42.5 Å². The molecule has 1 aliphatic heterocycles. The third-order valence-corrected chi connectivity index (χ3v) is 6.24. The van der Waals surface area contributed by atoms with Crippen LogP contribution in [-0.4, -0.2) is 25.0 Å². The van der Waals surface area contributed by atoms with Crippen LogP contribution >= 0.6 is 11.6 Å². The van der Waals surface area contributed by atoms with E-state index in [9.17, 15) is 9.59 Å². The molecular formula is C24H27ClN2O3. The predicted octanol–water partition coefficient (Wildman–Crippen LogP) is 4.84. The Balaban J connectivity index is 1.36. The number of nitrogens with one attached hydrogen (secondary N) is 2. The van der Waals surface area contributed by atoms with Gasteiger partial charge in [0, 0.05) is 22.8 Å². The van der Waals surface area contributed by atoms with Gasteiger partial charge in [-0.05, 0) is 73.2 Å². The van der Waals surface area contributed by atoms with Crippen molar-refractivity contribution in [2.75, 3.05) is 18.5 Å². The highest BCUT2D eigenvalue weighted by molar-refractivity contribution is 6.30. The van der Waals surface area contributed by atoms with E-state index in [2.05, 4.69) is 10.6 Å². The quantitative estimate of drug-likeness (QED) is 0.718. The van der Waals surface area contributed by atoms with Gasteiger partial charge in [0.25, 0.3) is 5.91 Å². The Morgan fingerprint density at radius 3 is 2.57 bits per heavy atom. The maximum atomic E-state index is 12.7. The number of anilines is 1. The molecule has 158 valence electrons. The zero-order valence-electron chi connectivity index (χ0n) is 17.0. The highest BCUT2D eigenvalue weighted by Crippen LogP contribution is 2.30. The van der Waals surface area contributed by atoms with E-state index in [-0.39, 0.29) is 17.7 Å². The lowest BCUT2D eigenvalue weighted by molar-refractivity contribution is -0.126. The zero-order chi connectivity index (χ0) is 20.9. The van der Waals surface area contributed by atoms with Crippen LogP contribution in [0.4, 0.5) is 5.69 Å². The fourth-order valence-corrected chi connectivity index (χ4v) is 4.35. The molecule has 1 unspecified atom stereocenters. The molecule has 2 aromatic rings. The van der Waals surface area contributed by atoms with Crippen LogP contribution in [0.5, 0.6) is 5.75 Å². The van der Waals surface area contributed by atoms with Crippen molar-refractivity contribution in [1.29, 1.82) is 0 Å². The van der Waals surface area contributed by atoms with Crippen LogP contribution in [0.3, 0.4) is 0 Å². The number of hydrogen-bond donors (Lipinski definition) is 2. The highest BCUT2D eigenvalue weighted by atomic mass is 35.5. The van der Waals surface area contributed by atoms with Crippen LogP contribution in [0.1, 0.15) is 48.0 Å². The molecule has 1 aliphatic carbocycles. The molecule has 1 heterocycles. The number of benzene rings is 2. The lowest BCUT2D eigenvalue weighted by atomic mass is 9.89. The van der Waals surface area contributed by atoms with Crippen molar-refractivity contribution in [1.82, 2.24) is 5.32 Å². The van der Waals surface area contributed by atoms with E-state index in [0.717, 1.165) is 17.9 Å². The van der Waals surface area contributed by atoms with Gasteiger partial charge in [0.15, 0.2) is 0 Å². The van der Waals surface area contributed by atoms with Crippen molar-refractivity contribution in [3.8, 4) is 5.75 Å². The molecule has 1 atom stereocenters. The fraction of sp³-hybridized carbons (Fsp3) is 0.417. The summed E-state index contributed by atoms with van der Waals surface area (Å²) in [6.07, 6.45) is 6.88. The minimum Gasteiger partial charge on any atom is -0.492 e. The summed E-state index contributed by atoms with van der Waals surface area (Å²) in [4.78, 5) is 25.1. The number of halogens is 1. The summed E-state index contributed by atoms with van der Waals surface area (Å²) in [5, 5.41) is 6.62. The van der Waals surface area contributed by atoms with Gasteiger partial charge >= 0.3 is 0 Å². The Morgan fingerprint density at radius 1 is 1.03 bits per heavy atom. The first-order valence-corrected chi connectivity index (χ1v) is 11.1. The zero-order valence-corrected chi connectivity index (χ0v) is 17.7. The van der Waals surface area contributed by atoms with Crippen LogP contribution in [0.25, 0.3) is 0 Å². The first-order valence-electron chi connectivity index (χ1n) is 10.7. The molecule has 4 rings (SSSR count). The highest BCUT2D eigenvalue weighted by Gasteiger charge is 2.27. The SMILES string of the molecule is O=C(Nc1ccc2c(c1)CC(C(=O)NCC1CCCCC1)CO2)c1ccc(Cl)cc1. The van der Waals surface area contributed by atoms with Gasteiger partial charge in [-0.1, -0.05) is 30.9 Å². The lowest BCUT2D eigenvalue weighted by Gasteiger charge is -2.27. The second-order valence-corrected chi connectivity index (χ2v) is 8.68. The van der Waals surface area contributed by atoms with E-state index in [1.807, 2.05) is 18.2 Å². The summed E-state index contributed by atoms with van der Waals surface area (Å²) in [6, 6.07) is 12.3. The Bertz CT molecular complexity index is 907. The third-order valence-electron chi connectivity index (χ3n) is 5.99. The van der Waals surface area contributed by atoms with E-state index in [1.54, 1.807) is 24.3 Å². The largest absolute Gasteiger partial charge is 0.492 e. The van der Waals surface area contributed by atoms with Crippen LogP contribution in [0.2, 0.25) is 5.02 Å². The van der Waals surface area contributed by atoms with Gasteiger partial charge in [-0.15, -0.1) is 0 Å². The molecule has 30 heavy (non-hydrogen) atoms. The van der Waals surface area contributed by atoms with E-state index in [0.29, 0.717) is 35.2 Å². The smallest absolute Gasteiger partial charge is 0.255 e. The van der Waals surface area contributed by atoms with Crippen LogP contribution < -0.4 is 15.4 Å². The maximum Gasteiger partial charge on any atom is 0.255 e. The number of carbonyl (C=O) groups is 2. The molecule has 0 aromatic heterocycles. The number of ether oxygens (including phenoxy) is 1. The van der Waals surface area contributed by atoms with Gasteiger partial charge in [0.1, 0.15) is 12.4 Å². The molecule has 0 spiro atoms. The standard InChI is InChI=1S/C24H27ClN2O3/c25-20-8-6-17(7-9-20)24(29)27-21-10-11-22-18(13-21)12-19(15-30-22)23(28)26-14-16-4-2-1-3-5-16/h6-11,13,16,19H,1-5,12,14-15H2,(H,26,28)(H,27,29). The minimum atomic E-state index is -0.205. The molecular weight excluding hydrogens is 400 g/mol. The molecule has 0 saturated heterocycles. The van der Waals surface area contributed by atoms with Crippen LogP contribution in [0, 0.1) is 11.8 Å². The van der Waals surface area contributed by atoms with Gasteiger partial charge in [0.2, 0.25) is 5.91 Å². The molecule has 0 bridgehead atoms. The lowest BCUT2D eigenvalue weighted by Crippen LogP contribution is -2.39. The molecule has 6 heteroatoms. The number of fused-ring (bicyclic) bond motifs is 1. The van der Waals surface area contributed by atoms with Gasteiger partial charge < -0.3 is 15.4 Å². The Hall–Kier alpha value is -2.53. The molecule has 2 N–H and O–H groups in total. The van der Waals surface area contributed by atoms with Crippen molar-refractivity contribution >= 4 is 29.1 Å². The molecule has 2 aliphatic rings. The molecule has 0 radical (unpaired) electrons. The van der Waals surface area contributed by atoms with E-state index in [4.69, 9.17) is 16.3 Å². The second kappa shape index (κ2) is 9.52. The van der Waals surface area contributed by atoms with E-state index >= 15 is 0 Å². The average Bonchev–Trinajstić information content (AvgIpc) is 2.78. The summed E-state index contributed by atoms with van der Waals surface area (Å²) < 4.78 is 5.82. The Kier molecular flexibility index (Phi) is 6.58. The predicted molar refractivity (Wildman–Crippen MR) is 118 cm³/mol. The topological polar surface area (TPSA) is 67.4 Å². The summed E-state index contributed by atoms with van der Waals surface area (Å²) >= 11 is 5.88. The average molecular weight is 427 g/mol. The fourth-order valence-electron chi connectivity index (χ4n) is 4.23. The van der Waals surface area contributed by atoms with E-state index < -0.39 is 0 Å². The molecule has 2 aromatic carbocycles. The third kappa shape index (κ3) is 5.14. The Labute approximate surface area is 182 Å². The maximum absolute atomic E-state index is 12.7. The summed E-state index contributed by atoms with van der Waals surface area (Å²) in [5.74, 6) is 1.03. The summed E-state index contributed by atoms with van der Waals surface area (Å²) in [6.45, 7) is 1.15. The number of amides is 2. The Morgan fingerprint density at radius 2 is 1.80 bits per heavy atom.